The average Bonchev–Trinajstić information content (AvgIpc) is 2.69. The third-order valence-corrected chi connectivity index (χ3v) is 5.35. The first-order valence-corrected chi connectivity index (χ1v) is 10.2. The number of rotatable bonds is 6. The molecule has 2 aromatic carbocycles. The van der Waals surface area contributed by atoms with Crippen LogP contribution in [0.3, 0.4) is 0 Å². The number of carbonyl (C=O) groups is 2. The second-order valence-electron chi connectivity index (χ2n) is 6.22. The second kappa shape index (κ2) is 9.51. The Morgan fingerprint density at radius 3 is 2.70 bits per heavy atom. The summed E-state index contributed by atoms with van der Waals surface area (Å²) in [6.45, 7) is 3.74. The van der Waals surface area contributed by atoms with Crippen molar-refractivity contribution < 1.29 is 18.7 Å². The molecule has 0 aromatic heterocycles. The number of nitrogens with one attached hydrogen (secondary N) is 1. The van der Waals surface area contributed by atoms with Gasteiger partial charge in [-0.1, -0.05) is 35.9 Å². The van der Waals surface area contributed by atoms with E-state index in [1.165, 1.54) is 23.1 Å². The molecular weight excluding hydrogens is 495 g/mol. The highest BCUT2D eigenvalue weighted by Crippen LogP contribution is 2.36. The van der Waals surface area contributed by atoms with Crippen molar-refractivity contribution in [1.82, 2.24) is 10.2 Å². The molecular formula is C21H15BrClFN2O3S. The van der Waals surface area contributed by atoms with Crippen LogP contribution in [0.5, 0.6) is 5.75 Å². The molecule has 0 atom stereocenters. The van der Waals surface area contributed by atoms with Crippen LogP contribution in [0.25, 0.3) is 6.08 Å². The highest BCUT2D eigenvalue weighted by Gasteiger charge is 2.32. The molecule has 1 saturated heterocycles. The summed E-state index contributed by atoms with van der Waals surface area (Å²) >= 11 is 14.7. The van der Waals surface area contributed by atoms with E-state index in [0.29, 0.717) is 21.3 Å². The molecule has 30 heavy (non-hydrogen) atoms. The SMILES string of the molecule is C=CCN1C(=O)/C(=C/c2cc(Cl)c(OCc3ccccc3F)c(Br)c2)C(=O)NC1=S. The first-order valence-electron chi connectivity index (χ1n) is 8.67. The van der Waals surface area contributed by atoms with Crippen LogP contribution in [0.1, 0.15) is 11.1 Å². The highest BCUT2D eigenvalue weighted by molar-refractivity contribution is 9.10. The van der Waals surface area contributed by atoms with Gasteiger partial charge in [-0.15, -0.1) is 6.58 Å². The Bertz CT molecular complexity index is 1070. The van der Waals surface area contributed by atoms with Gasteiger partial charge in [0.25, 0.3) is 11.8 Å². The van der Waals surface area contributed by atoms with Crippen LogP contribution >= 0.6 is 39.7 Å². The van der Waals surface area contributed by atoms with E-state index in [1.54, 1.807) is 30.3 Å². The Kier molecular flexibility index (Phi) is 7.02. The van der Waals surface area contributed by atoms with E-state index >= 15 is 0 Å². The van der Waals surface area contributed by atoms with Gasteiger partial charge in [-0.05, 0) is 58.0 Å². The van der Waals surface area contributed by atoms with Crippen molar-refractivity contribution >= 4 is 62.8 Å². The van der Waals surface area contributed by atoms with Gasteiger partial charge < -0.3 is 4.74 Å². The maximum atomic E-state index is 13.8. The van der Waals surface area contributed by atoms with Crippen molar-refractivity contribution in [2.45, 2.75) is 6.61 Å². The van der Waals surface area contributed by atoms with Crippen LogP contribution in [0.4, 0.5) is 4.39 Å². The molecule has 0 saturated carbocycles. The molecule has 5 nitrogen and oxygen atoms in total. The number of carbonyl (C=O) groups excluding carboxylic acids is 2. The van der Waals surface area contributed by atoms with Gasteiger partial charge in [0.15, 0.2) is 10.9 Å². The van der Waals surface area contributed by atoms with E-state index in [4.69, 9.17) is 28.6 Å². The molecule has 9 heteroatoms. The monoisotopic (exact) mass is 508 g/mol. The first kappa shape index (κ1) is 22.1. The Morgan fingerprint density at radius 2 is 2.03 bits per heavy atom. The zero-order valence-electron chi connectivity index (χ0n) is 15.5. The van der Waals surface area contributed by atoms with Gasteiger partial charge in [0.1, 0.15) is 18.0 Å². The number of ether oxygens (including phenoxy) is 1. The van der Waals surface area contributed by atoms with Crippen molar-refractivity contribution in [3.8, 4) is 5.75 Å². The van der Waals surface area contributed by atoms with Crippen LogP contribution < -0.4 is 10.1 Å². The van der Waals surface area contributed by atoms with E-state index in [1.807, 2.05) is 0 Å². The minimum absolute atomic E-state index is 0.0136. The third kappa shape index (κ3) is 4.77. The number of nitrogens with zero attached hydrogens (tertiary/aromatic N) is 1. The number of thiocarbonyl (C=S) groups is 1. The molecule has 3 rings (SSSR count). The quantitative estimate of drug-likeness (QED) is 0.267. The van der Waals surface area contributed by atoms with E-state index in [9.17, 15) is 14.0 Å². The van der Waals surface area contributed by atoms with Crippen LogP contribution in [0.15, 0.2) is 59.1 Å². The van der Waals surface area contributed by atoms with Crippen molar-refractivity contribution in [3.63, 3.8) is 0 Å². The zero-order valence-corrected chi connectivity index (χ0v) is 18.6. The average molecular weight is 510 g/mol. The summed E-state index contributed by atoms with van der Waals surface area (Å²) < 4.78 is 19.9. The Morgan fingerprint density at radius 1 is 1.30 bits per heavy atom. The van der Waals surface area contributed by atoms with Crippen molar-refractivity contribution in [3.05, 3.63) is 81.1 Å². The summed E-state index contributed by atoms with van der Waals surface area (Å²) in [5.74, 6) is -1.20. The molecule has 1 heterocycles. The summed E-state index contributed by atoms with van der Waals surface area (Å²) in [5.41, 5.74) is 0.790. The highest BCUT2D eigenvalue weighted by atomic mass is 79.9. The summed E-state index contributed by atoms with van der Waals surface area (Å²) in [4.78, 5) is 26.1. The lowest BCUT2D eigenvalue weighted by Crippen LogP contribution is -2.53. The van der Waals surface area contributed by atoms with Crippen LogP contribution in [-0.2, 0) is 16.2 Å². The third-order valence-electron chi connectivity index (χ3n) is 4.16. The lowest BCUT2D eigenvalue weighted by molar-refractivity contribution is -0.128. The normalized spacial score (nSPS) is 15.4. The van der Waals surface area contributed by atoms with E-state index < -0.39 is 11.8 Å². The lowest BCUT2D eigenvalue weighted by atomic mass is 10.1. The fourth-order valence-corrected chi connectivity index (χ4v) is 3.96. The number of halogens is 3. The number of amides is 2. The second-order valence-corrected chi connectivity index (χ2v) is 7.86. The van der Waals surface area contributed by atoms with Gasteiger partial charge in [0.2, 0.25) is 0 Å². The molecule has 1 fully saturated rings. The largest absolute Gasteiger partial charge is 0.486 e. The Labute approximate surface area is 191 Å². The minimum atomic E-state index is -0.600. The zero-order chi connectivity index (χ0) is 21.8. The molecule has 1 aliphatic heterocycles. The predicted octanol–water partition coefficient (Wildman–Crippen LogP) is 4.63. The minimum Gasteiger partial charge on any atom is -0.486 e. The number of hydrogen-bond acceptors (Lipinski definition) is 4. The van der Waals surface area contributed by atoms with Gasteiger partial charge in [0, 0.05) is 12.1 Å². The first-order chi connectivity index (χ1) is 14.3. The van der Waals surface area contributed by atoms with E-state index in [-0.39, 0.29) is 34.7 Å². The number of hydrogen-bond donors (Lipinski definition) is 1. The standard InChI is InChI=1S/C21H15BrClFN2O3S/c1-2-7-26-20(28)14(19(27)25-21(26)30)8-12-9-15(22)18(16(23)10-12)29-11-13-5-3-4-6-17(13)24/h2-6,8-10H,1,7,11H2,(H,25,27,30)/b14-8+. The molecule has 2 aromatic rings. The lowest BCUT2D eigenvalue weighted by Gasteiger charge is -2.27. The summed E-state index contributed by atoms with van der Waals surface area (Å²) in [6, 6.07) is 9.44. The fraction of sp³-hybridized carbons (Fsp3) is 0.0952. The summed E-state index contributed by atoms with van der Waals surface area (Å²) in [6.07, 6.45) is 2.92. The molecule has 0 spiro atoms. The predicted molar refractivity (Wildman–Crippen MR) is 121 cm³/mol. The van der Waals surface area contributed by atoms with Crippen LogP contribution in [0, 0.1) is 5.82 Å². The number of benzene rings is 2. The molecule has 0 aliphatic carbocycles. The summed E-state index contributed by atoms with van der Waals surface area (Å²) in [5, 5.41) is 2.73. The molecule has 1 aliphatic rings. The molecule has 2 amide bonds. The van der Waals surface area contributed by atoms with E-state index in [0.717, 1.165) is 0 Å². The smallest absolute Gasteiger partial charge is 0.265 e. The Hall–Kier alpha value is -2.55. The van der Waals surface area contributed by atoms with Gasteiger partial charge in [0.05, 0.1) is 9.50 Å². The maximum absolute atomic E-state index is 13.8. The van der Waals surface area contributed by atoms with Gasteiger partial charge >= 0.3 is 0 Å². The molecule has 0 radical (unpaired) electrons. The van der Waals surface area contributed by atoms with E-state index in [2.05, 4.69) is 27.8 Å². The van der Waals surface area contributed by atoms with Crippen molar-refractivity contribution in [2.75, 3.05) is 6.54 Å². The summed E-state index contributed by atoms with van der Waals surface area (Å²) in [7, 11) is 0. The van der Waals surface area contributed by atoms with Crippen molar-refractivity contribution in [2.24, 2.45) is 0 Å². The molecule has 154 valence electrons. The van der Waals surface area contributed by atoms with Gasteiger partial charge in [-0.3, -0.25) is 19.8 Å². The topological polar surface area (TPSA) is 58.6 Å². The van der Waals surface area contributed by atoms with Gasteiger partial charge in [-0.2, -0.15) is 0 Å². The molecule has 0 unspecified atom stereocenters. The maximum Gasteiger partial charge on any atom is 0.265 e. The van der Waals surface area contributed by atoms with Crippen LogP contribution in [0.2, 0.25) is 5.02 Å². The Balaban J connectivity index is 1.86. The molecule has 0 bridgehead atoms. The van der Waals surface area contributed by atoms with Gasteiger partial charge in [-0.25, -0.2) is 4.39 Å². The van der Waals surface area contributed by atoms with Crippen molar-refractivity contribution in [1.29, 1.82) is 0 Å². The molecule has 1 N–H and O–H groups in total. The van der Waals surface area contributed by atoms with Crippen LogP contribution in [-0.4, -0.2) is 28.4 Å². The fourth-order valence-electron chi connectivity index (χ4n) is 2.72.